The highest BCUT2D eigenvalue weighted by atomic mass is 16.3. The summed E-state index contributed by atoms with van der Waals surface area (Å²) in [6.07, 6.45) is 0. The molecule has 1 aromatic rings. The third-order valence-electron chi connectivity index (χ3n) is 2.33. The second-order valence-corrected chi connectivity index (χ2v) is 4.35. The zero-order valence-corrected chi connectivity index (χ0v) is 11.4. The van der Waals surface area contributed by atoms with Crippen molar-refractivity contribution in [1.82, 2.24) is 9.80 Å². The summed E-state index contributed by atoms with van der Waals surface area (Å²) >= 11 is 0. The summed E-state index contributed by atoms with van der Waals surface area (Å²) in [6, 6.07) is 3.97. The standard InChI is InChI=1S/C12H18N4O3/c1-15(2)11(18)13-8-6-5-7-9(10(8)17)14-12(19)16(3)4/h5-7,17H,1-4H3,(H,13,18)(H,14,19). The predicted octanol–water partition coefficient (Wildman–Crippen LogP) is 1.58. The Morgan fingerprint density at radius 2 is 1.32 bits per heavy atom. The molecule has 0 aliphatic carbocycles. The van der Waals surface area contributed by atoms with Gasteiger partial charge in [-0.1, -0.05) is 6.07 Å². The van der Waals surface area contributed by atoms with E-state index in [0.29, 0.717) is 0 Å². The first kappa shape index (κ1) is 14.6. The van der Waals surface area contributed by atoms with Crippen molar-refractivity contribution in [2.75, 3.05) is 38.8 Å². The molecule has 0 aliphatic heterocycles. The number of nitrogens with one attached hydrogen (secondary N) is 2. The van der Waals surface area contributed by atoms with Crippen LogP contribution in [0.25, 0.3) is 0 Å². The van der Waals surface area contributed by atoms with Crippen molar-refractivity contribution < 1.29 is 14.7 Å². The lowest BCUT2D eigenvalue weighted by molar-refractivity contribution is 0.230. The Labute approximate surface area is 111 Å². The minimum atomic E-state index is -0.369. The van der Waals surface area contributed by atoms with Crippen molar-refractivity contribution in [1.29, 1.82) is 0 Å². The number of nitrogens with zero attached hydrogens (tertiary/aromatic N) is 2. The SMILES string of the molecule is CN(C)C(=O)Nc1cccc(NC(=O)N(C)C)c1O. The van der Waals surface area contributed by atoms with Gasteiger partial charge in [0.1, 0.15) is 0 Å². The van der Waals surface area contributed by atoms with Crippen molar-refractivity contribution in [2.24, 2.45) is 0 Å². The van der Waals surface area contributed by atoms with Gasteiger partial charge in [0.05, 0.1) is 11.4 Å². The van der Waals surface area contributed by atoms with Crippen LogP contribution in [0.5, 0.6) is 5.75 Å². The molecule has 0 radical (unpaired) electrons. The molecule has 7 nitrogen and oxygen atoms in total. The Morgan fingerprint density at radius 1 is 0.947 bits per heavy atom. The van der Waals surface area contributed by atoms with Crippen molar-refractivity contribution in [3.63, 3.8) is 0 Å². The highest BCUT2D eigenvalue weighted by Gasteiger charge is 2.13. The molecule has 0 aliphatic rings. The van der Waals surface area contributed by atoms with Crippen molar-refractivity contribution in [2.45, 2.75) is 0 Å². The lowest BCUT2D eigenvalue weighted by atomic mass is 10.2. The number of carbonyl (C=O) groups is 2. The molecule has 0 saturated carbocycles. The van der Waals surface area contributed by atoms with Crippen LogP contribution in [0.3, 0.4) is 0 Å². The van der Waals surface area contributed by atoms with Gasteiger partial charge in [0.25, 0.3) is 0 Å². The Balaban J connectivity index is 2.92. The van der Waals surface area contributed by atoms with E-state index in [9.17, 15) is 14.7 Å². The average Bonchev–Trinajstić information content (AvgIpc) is 2.33. The molecule has 0 saturated heterocycles. The molecule has 1 rings (SSSR count). The van der Waals surface area contributed by atoms with Gasteiger partial charge in [-0.25, -0.2) is 9.59 Å². The maximum Gasteiger partial charge on any atom is 0.321 e. The molecule has 1 aromatic carbocycles. The van der Waals surface area contributed by atoms with E-state index in [-0.39, 0.29) is 29.2 Å². The number of phenolic OH excluding ortho intramolecular Hbond substituents is 1. The second-order valence-electron chi connectivity index (χ2n) is 4.35. The van der Waals surface area contributed by atoms with Gasteiger partial charge in [-0.3, -0.25) is 0 Å². The molecule has 4 amide bonds. The Kier molecular flexibility index (Phi) is 4.57. The molecule has 3 N–H and O–H groups in total. The maximum atomic E-state index is 11.5. The number of anilines is 2. The summed E-state index contributed by atoms with van der Waals surface area (Å²) < 4.78 is 0. The molecule has 0 spiro atoms. The van der Waals surface area contributed by atoms with Crippen LogP contribution in [0.15, 0.2) is 18.2 Å². The van der Waals surface area contributed by atoms with Gasteiger partial charge >= 0.3 is 12.1 Å². The molecule has 0 fully saturated rings. The summed E-state index contributed by atoms with van der Waals surface area (Å²) in [6.45, 7) is 0. The summed E-state index contributed by atoms with van der Waals surface area (Å²) in [5.41, 5.74) is 0.463. The Bertz CT molecular complexity index is 446. The molecule has 0 atom stereocenters. The number of para-hydroxylation sites is 1. The largest absolute Gasteiger partial charge is 0.504 e. The number of aromatic hydroxyl groups is 1. The first-order valence-corrected chi connectivity index (χ1v) is 5.61. The number of urea groups is 2. The summed E-state index contributed by atoms with van der Waals surface area (Å²) in [7, 11) is 6.35. The highest BCUT2D eigenvalue weighted by Crippen LogP contribution is 2.31. The van der Waals surface area contributed by atoms with Crippen LogP contribution in [0.2, 0.25) is 0 Å². The fourth-order valence-electron chi connectivity index (χ4n) is 1.20. The smallest absolute Gasteiger partial charge is 0.321 e. The van der Waals surface area contributed by atoms with Gasteiger partial charge in [0.2, 0.25) is 0 Å². The molecule has 0 aromatic heterocycles. The minimum Gasteiger partial charge on any atom is -0.504 e. The lowest BCUT2D eigenvalue weighted by Gasteiger charge is -2.16. The van der Waals surface area contributed by atoms with Crippen molar-refractivity contribution >= 4 is 23.4 Å². The molecule has 0 unspecified atom stereocenters. The van der Waals surface area contributed by atoms with Crippen LogP contribution in [0.4, 0.5) is 21.0 Å². The zero-order chi connectivity index (χ0) is 14.6. The fraction of sp³-hybridized carbons (Fsp3) is 0.333. The van der Waals surface area contributed by atoms with Gasteiger partial charge in [0.15, 0.2) is 5.75 Å². The Hall–Kier alpha value is -2.44. The van der Waals surface area contributed by atoms with Crippen LogP contribution in [-0.4, -0.2) is 55.2 Å². The molecular weight excluding hydrogens is 248 g/mol. The molecule has 7 heteroatoms. The predicted molar refractivity (Wildman–Crippen MR) is 73.5 cm³/mol. The van der Waals surface area contributed by atoms with Crippen molar-refractivity contribution in [3.05, 3.63) is 18.2 Å². The van der Waals surface area contributed by atoms with Gasteiger partial charge in [-0.05, 0) is 12.1 Å². The van der Waals surface area contributed by atoms with E-state index >= 15 is 0 Å². The quantitative estimate of drug-likeness (QED) is 0.710. The highest BCUT2D eigenvalue weighted by molar-refractivity contribution is 5.95. The second kappa shape index (κ2) is 5.94. The summed E-state index contributed by atoms with van der Waals surface area (Å²) in [5, 5.41) is 15.0. The van der Waals surface area contributed by atoms with E-state index in [2.05, 4.69) is 10.6 Å². The van der Waals surface area contributed by atoms with E-state index in [1.165, 1.54) is 9.80 Å². The molecular formula is C12H18N4O3. The minimum absolute atomic E-state index is 0.187. The topological polar surface area (TPSA) is 84.9 Å². The van der Waals surface area contributed by atoms with E-state index in [1.807, 2.05) is 0 Å². The number of phenols is 1. The lowest BCUT2D eigenvalue weighted by Crippen LogP contribution is -2.28. The normalized spacial score (nSPS) is 9.68. The zero-order valence-electron chi connectivity index (χ0n) is 11.4. The van der Waals surface area contributed by atoms with Crippen LogP contribution in [0.1, 0.15) is 0 Å². The third-order valence-corrected chi connectivity index (χ3v) is 2.33. The Morgan fingerprint density at radius 3 is 1.63 bits per heavy atom. The van der Waals surface area contributed by atoms with Gasteiger partial charge < -0.3 is 25.5 Å². The maximum absolute atomic E-state index is 11.5. The van der Waals surface area contributed by atoms with Gasteiger partial charge in [0, 0.05) is 28.2 Å². The number of benzene rings is 1. The molecule has 0 heterocycles. The average molecular weight is 266 g/mol. The van der Waals surface area contributed by atoms with Gasteiger partial charge in [-0.2, -0.15) is 0 Å². The molecule has 104 valence electrons. The molecule has 19 heavy (non-hydrogen) atoms. The monoisotopic (exact) mass is 266 g/mol. The molecule has 0 bridgehead atoms. The fourth-order valence-corrected chi connectivity index (χ4v) is 1.20. The van der Waals surface area contributed by atoms with Crippen LogP contribution < -0.4 is 10.6 Å². The third kappa shape index (κ3) is 3.77. The summed E-state index contributed by atoms with van der Waals surface area (Å²) in [5.74, 6) is -0.187. The van der Waals surface area contributed by atoms with Gasteiger partial charge in [-0.15, -0.1) is 0 Å². The van der Waals surface area contributed by atoms with Crippen LogP contribution in [-0.2, 0) is 0 Å². The number of hydrogen-bond acceptors (Lipinski definition) is 3. The number of rotatable bonds is 2. The number of carbonyl (C=O) groups excluding carboxylic acids is 2. The van der Waals surface area contributed by atoms with E-state index in [4.69, 9.17) is 0 Å². The van der Waals surface area contributed by atoms with Crippen molar-refractivity contribution in [3.8, 4) is 5.75 Å². The first-order valence-electron chi connectivity index (χ1n) is 5.61. The van der Waals surface area contributed by atoms with E-state index in [0.717, 1.165) is 0 Å². The van der Waals surface area contributed by atoms with Crippen LogP contribution >= 0.6 is 0 Å². The summed E-state index contributed by atoms with van der Waals surface area (Å²) in [4.78, 5) is 25.7. The van der Waals surface area contributed by atoms with E-state index < -0.39 is 0 Å². The van der Waals surface area contributed by atoms with E-state index in [1.54, 1.807) is 46.4 Å². The first-order chi connectivity index (χ1) is 8.82. The number of amides is 4. The van der Waals surface area contributed by atoms with Crippen LogP contribution in [0, 0.1) is 0 Å². The number of hydrogen-bond donors (Lipinski definition) is 3.